The molecule has 0 heterocycles. The van der Waals surface area contributed by atoms with Crippen molar-refractivity contribution in [2.75, 3.05) is 18.5 Å². The Balaban J connectivity index is 1.85. The van der Waals surface area contributed by atoms with Gasteiger partial charge in [-0.3, -0.25) is 14.9 Å². The molecule has 3 aromatic carbocycles. The van der Waals surface area contributed by atoms with Crippen molar-refractivity contribution in [2.45, 2.75) is 18.4 Å². The van der Waals surface area contributed by atoms with E-state index in [1.54, 1.807) is 36.4 Å². The van der Waals surface area contributed by atoms with Crippen molar-refractivity contribution in [1.82, 2.24) is 4.31 Å². The van der Waals surface area contributed by atoms with Crippen molar-refractivity contribution < 1.29 is 22.9 Å². The van der Waals surface area contributed by atoms with Crippen LogP contribution in [0.25, 0.3) is 0 Å². The molecule has 0 unspecified atom stereocenters. The lowest BCUT2D eigenvalue weighted by Gasteiger charge is -2.22. The number of anilines is 1. The van der Waals surface area contributed by atoms with Crippen LogP contribution in [-0.4, -0.2) is 36.7 Å². The van der Waals surface area contributed by atoms with Gasteiger partial charge in [-0.05, 0) is 42.8 Å². The van der Waals surface area contributed by atoms with E-state index < -0.39 is 27.4 Å². The Bertz CT molecular complexity index is 1210. The largest absolute Gasteiger partial charge is 0.494 e. The van der Waals surface area contributed by atoms with Gasteiger partial charge in [-0.1, -0.05) is 36.4 Å². The third-order valence-electron chi connectivity index (χ3n) is 4.63. The molecule has 0 atom stereocenters. The lowest BCUT2D eigenvalue weighted by molar-refractivity contribution is -0.384. The number of benzene rings is 3. The second kappa shape index (κ2) is 10.7. The van der Waals surface area contributed by atoms with E-state index >= 15 is 0 Å². The van der Waals surface area contributed by atoms with Crippen LogP contribution in [0.15, 0.2) is 83.8 Å². The summed E-state index contributed by atoms with van der Waals surface area (Å²) in [5.74, 6) is -0.0876. The highest BCUT2D eigenvalue weighted by Crippen LogP contribution is 2.22. The highest BCUT2D eigenvalue weighted by atomic mass is 32.2. The first-order valence-electron chi connectivity index (χ1n) is 10.1. The summed E-state index contributed by atoms with van der Waals surface area (Å²) in [5.41, 5.74) is 0.721. The number of nitro groups is 1. The first-order chi connectivity index (χ1) is 15.8. The molecule has 10 heteroatoms. The Kier molecular flexibility index (Phi) is 7.75. The molecule has 0 bridgehead atoms. The molecule has 3 aromatic rings. The summed E-state index contributed by atoms with van der Waals surface area (Å²) in [6.45, 7) is 1.77. The number of non-ortho nitro benzene ring substituents is 1. The number of nitro benzene ring substituents is 1. The van der Waals surface area contributed by atoms with Gasteiger partial charge in [0.15, 0.2) is 0 Å². The summed E-state index contributed by atoms with van der Waals surface area (Å²) in [6, 6.07) is 20.3. The van der Waals surface area contributed by atoms with E-state index in [0.29, 0.717) is 17.9 Å². The molecule has 0 aromatic heterocycles. The van der Waals surface area contributed by atoms with Gasteiger partial charge in [-0.2, -0.15) is 4.31 Å². The van der Waals surface area contributed by atoms with Crippen molar-refractivity contribution in [3.05, 3.63) is 94.5 Å². The maximum absolute atomic E-state index is 13.4. The minimum atomic E-state index is -4.03. The third kappa shape index (κ3) is 6.37. The van der Waals surface area contributed by atoms with Crippen molar-refractivity contribution in [3.63, 3.8) is 0 Å². The number of hydrogen-bond donors (Lipinski definition) is 1. The molecule has 0 radical (unpaired) electrons. The van der Waals surface area contributed by atoms with Crippen molar-refractivity contribution in [3.8, 4) is 5.75 Å². The quantitative estimate of drug-likeness (QED) is 0.356. The van der Waals surface area contributed by atoms with E-state index in [2.05, 4.69) is 5.32 Å². The summed E-state index contributed by atoms with van der Waals surface area (Å²) < 4.78 is 33.1. The molecule has 0 aliphatic heterocycles. The molecule has 0 saturated carbocycles. The Morgan fingerprint density at radius 3 is 2.36 bits per heavy atom. The van der Waals surface area contributed by atoms with Gasteiger partial charge in [0.25, 0.3) is 5.69 Å². The third-order valence-corrected chi connectivity index (χ3v) is 6.44. The zero-order chi connectivity index (χ0) is 23.8. The lowest BCUT2D eigenvalue weighted by Crippen LogP contribution is -2.37. The average molecular weight is 470 g/mol. The van der Waals surface area contributed by atoms with Gasteiger partial charge < -0.3 is 10.1 Å². The smallest absolute Gasteiger partial charge is 0.271 e. The normalized spacial score (nSPS) is 11.2. The van der Waals surface area contributed by atoms with Crippen LogP contribution in [0.1, 0.15) is 12.5 Å². The van der Waals surface area contributed by atoms with Crippen molar-refractivity contribution in [1.29, 1.82) is 0 Å². The van der Waals surface area contributed by atoms with Crippen LogP contribution >= 0.6 is 0 Å². The van der Waals surface area contributed by atoms with E-state index in [-0.39, 0.29) is 22.8 Å². The molecule has 9 nitrogen and oxygen atoms in total. The predicted octanol–water partition coefficient (Wildman–Crippen LogP) is 3.82. The van der Waals surface area contributed by atoms with Gasteiger partial charge in [0.05, 0.1) is 23.0 Å². The Labute approximate surface area is 191 Å². The van der Waals surface area contributed by atoms with E-state index in [1.165, 1.54) is 36.4 Å². The molecule has 172 valence electrons. The number of hydrogen-bond acceptors (Lipinski definition) is 6. The van der Waals surface area contributed by atoms with Crippen LogP contribution in [0.3, 0.4) is 0 Å². The number of nitrogens with zero attached hydrogens (tertiary/aromatic N) is 2. The number of carbonyl (C=O) groups excluding carboxylic acids is 1. The van der Waals surface area contributed by atoms with E-state index in [4.69, 9.17) is 4.74 Å². The fourth-order valence-corrected chi connectivity index (χ4v) is 4.48. The molecule has 1 amide bonds. The fraction of sp³-hybridized carbons (Fsp3) is 0.174. The summed E-state index contributed by atoms with van der Waals surface area (Å²) in [7, 11) is -4.03. The van der Waals surface area contributed by atoms with Crippen LogP contribution in [0.2, 0.25) is 0 Å². The maximum Gasteiger partial charge on any atom is 0.271 e. The number of amides is 1. The van der Waals surface area contributed by atoms with Crippen LogP contribution in [0, 0.1) is 10.1 Å². The standard InChI is InChI=1S/C23H23N3O6S/c1-2-32-21-11-13-22(14-12-21)33(30,31)25(16-18-7-4-3-5-8-18)17-23(27)24-19-9-6-10-20(15-19)26(28)29/h3-15H,2,16-17H2,1H3,(H,24,27). The molecule has 0 fully saturated rings. The number of carbonyl (C=O) groups is 1. The average Bonchev–Trinajstić information content (AvgIpc) is 2.80. The molecule has 0 spiro atoms. The van der Waals surface area contributed by atoms with Crippen LogP contribution in [0.4, 0.5) is 11.4 Å². The van der Waals surface area contributed by atoms with Gasteiger partial charge in [-0.25, -0.2) is 8.42 Å². The molecule has 33 heavy (non-hydrogen) atoms. The Hall–Kier alpha value is -3.76. The zero-order valence-corrected chi connectivity index (χ0v) is 18.7. The summed E-state index contributed by atoms with van der Waals surface area (Å²) in [5, 5.41) is 13.5. The zero-order valence-electron chi connectivity index (χ0n) is 17.9. The number of nitrogens with one attached hydrogen (secondary N) is 1. The highest BCUT2D eigenvalue weighted by Gasteiger charge is 2.27. The molecule has 1 N–H and O–H groups in total. The van der Waals surface area contributed by atoms with Gasteiger partial charge in [0.2, 0.25) is 15.9 Å². The van der Waals surface area contributed by atoms with Gasteiger partial charge in [0.1, 0.15) is 5.75 Å². The second-order valence-corrected chi connectivity index (χ2v) is 8.96. The molecule has 0 aliphatic carbocycles. The minimum Gasteiger partial charge on any atom is -0.494 e. The molecule has 0 aliphatic rings. The van der Waals surface area contributed by atoms with Crippen LogP contribution < -0.4 is 10.1 Å². The lowest BCUT2D eigenvalue weighted by atomic mass is 10.2. The molecule has 0 saturated heterocycles. The second-order valence-electron chi connectivity index (χ2n) is 7.02. The fourth-order valence-electron chi connectivity index (χ4n) is 3.09. The number of ether oxygens (including phenoxy) is 1. The van der Waals surface area contributed by atoms with Crippen molar-refractivity contribution >= 4 is 27.3 Å². The SMILES string of the molecule is CCOc1ccc(S(=O)(=O)N(CC(=O)Nc2cccc([N+](=O)[O-])c2)Cc2ccccc2)cc1. The number of sulfonamides is 1. The first kappa shape index (κ1) is 23.9. The maximum atomic E-state index is 13.4. The predicted molar refractivity (Wildman–Crippen MR) is 123 cm³/mol. The van der Waals surface area contributed by atoms with E-state index in [1.807, 2.05) is 13.0 Å². The molecular formula is C23H23N3O6S. The first-order valence-corrected chi connectivity index (χ1v) is 11.5. The summed E-state index contributed by atoms with van der Waals surface area (Å²) in [6.07, 6.45) is 0. The van der Waals surface area contributed by atoms with Crippen LogP contribution in [0.5, 0.6) is 5.75 Å². The van der Waals surface area contributed by atoms with Gasteiger partial charge in [-0.15, -0.1) is 0 Å². The van der Waals surface area contributed by atoms with E-state index in [9.17, 15) is 23.3 Å². The van der Waals surface area contributed by atoms with Gasteiger partial charge in [0, 0.05) is 24.4 Å². The Morgan fingerprint density at radius 1 is 1.03 bits per heavy atom. The summed E-state index contributed by atoms with van der Waals surface area (Å²) >= 11 is 0. The topological polar surface area (TPSA) is 119 Å². The van der Waals surface area contributed by atoms with Crippen molar-refractivity contribution in [2.24, 2.45) is 0 Å². The summed E-state index contributed by atoms with van der Waals surface area (Å²) in [4.78, 5) is 23.1. The molecular weight excluding hydrogens is 446 g/mol. The number of rotatable bonds is 10. The Morgan fingerprint density at radius 2 is 1.73 bits per heavy atom. The van der Waals surface area contributed by atoms with Gasteiger partial charge >= 0.3 is 0 Å². The monoisotopic (exact) mass is 469 g/mol. The van der Waals surface area contributed by atoms with Crippen LogP contribution in [-0.2, 0) is 21.4 Å². The highest BCUT2D eigenvalue weighted by molar-refractivity contribution is 7.89. The molecule has 3 rings (SSSR count). The minimum absolute atomic E-state index is 0.0185. The van der Waals surface area contributed by atoms with E-state index in [0.717, 1.165) is 4.31 Å².